The number of fused-ring (bicyclic) bond motifs is 1. The van der Waals surface area contributed by atoms with Gasteiger partial charge in [0.05, 0.1) is 0 Å². The molecule has 0 radical (unpaired) electrons. The van der Waals surface area contributed by atoms with Crippen molar-refractivity contribution in [1.82, 2.24) is 0 Å². The Kier molecular flexibility index (Phi) is 1.95. The van der Waals surface area contributed by atoms with Crippen molar-refractivity contribution < 1.29 is 4.74 Å². The lowest BCUT2D eigenvalue weighted by molar-refractivity contribution is 0.263. The zero-order valence-electron chi connectivity index (χ0n) is 6.59. The van der Waals surface area contributed by atoms with Gasteiger partial charge >= 0.3 is 0 Å². The van der Waals surface area contributed by atoms with E-state index in [9.17, 15) is 0 Å². The number of nitrogens with two attached hydrogens (primary N) is 1. The first kappa shape index (κ1) is 7.90. The van der Waals surface area contributed by atoms with E-state index < -0.39 is 0 Å². The van der Waals surface area contributed by atoms with Gasteiger partial charge in [-0.25, -0.2) is 0 Å². The van der Waals surface area contributed by atoms with E-state index in [1.807, 2.05) is 18.2 Å². The van der Waals surface area contributed by atoms with Crippen LogP contribution in [0.5, 0.6) is 5.75 Å². The molecule has 3 heteroatoms. The second kappa shape index (κ2) is 2.96. The average Bonchev–Trinajstić information content (AvgIpc) is 2.03. The van der Waals surface area contributed by atoms with E-state index in [4.69, 9.17) is 22.1 Å². The Balaban J connectivity index is 2.37. The molecule has 2 rings (SSSR count). The summed E-state index contributed by atoms with van der Waals surface area (Å²) >= 11 is 5.83. The van der Waals surface area contributed by atoms with E-state index in [1.165, 1.54) is 0 Å². The Hall–Kier alpha value is -0.730. The summed E-state index contributed by atoms with van der Waals surface area (Å²) < 4.78 is 5.41. The summed E-state index contributed by atoms with van der Waals surface area (Å²) in [6, 6.07) is 5.74. The molecule has 1 aromatic carbocycles. The topological polar surface area (TPSA) is 35.2 Å². The minimum absolute atomic E-state index is 0.107. The maximum atomic E-state index is 5.83. The minimum Gasteiger partial charge on any atom is -0.492 e. The molecule has 0 aromatic heterocycles. The van der Waals surface area contributed by atoms with Crippen LogP contribution < -0.4 is 10.5 Å². The van der Waals surface area contributed by atoms with Crippen LogP contribution in [0.3, 0.4) is 0 Å². The van der Waals surface area contributed by atoms with Crippen LogP contribution in [0.1, 0.15) is 5.56 Å². The summed E-state index contributed by atoms with van der Waals surface area (Å²) in [6.07, 6.45) is 0.857. The molecule has 64 valence electrons. The normalized spacial score (nSPS) is 21.3. The van der Waals surface area contributed by atoms with Gasteiger partial charge in [0.1, 0.15) is 12.4 Å². The number of hydrogen-bond acceptors (Lipinski definition) is 2. The fraction of sp³-hybridized carbons (Fsp3) is 0.333. The SMILES string of the molecule is N[C@H]1COc2ccc(Cl)cc2C1. The summed E-state index contributed by atoms with van der Waals surface area (Å²) in [5.74, 6) is 0.918. The molecule has 0 spiro atoms. The Bertz CT molecular complexity index is 301. The molecule has 2 N–H and O–H groups in total. The van der Waals surface area contributed by atoms with Gasteiger partial charge in [0.25, 0.3) is 0 Å². The van der Waals surface area contributed by atoms with Gasteiger partial charge in [-0.2, -0.15) is 0 Å². The highest BCUT2D eigenvalue weighted by Crippen LogP contribution is 2.26. The van der Waals surface area contributed by atoms with Crippen LogP contribution in [0.4, 0.5) is 0 Å². The monoisotopic (exact) mass is 183 g/mol. The van der Waals surface area contributed by atoms with Gasteiger partial charge in [-0.05, 0) is 30.2 Å². The maximum absolute atomic E-state index is 5.83. The number of halogens is 1. The average molecular weight is 184 g/mol. The Morgan fingerprint density at radius 2 is 2.33 bits per heavy atom. The molecule has 1 aliphatic heterocycles. The lowest BCUT2D eigenvalue weighted by Crippen LogP contribution is -2.33. The highest BCUT2D eigenvalue weighted by atomic mass is 35.5. The predicted molar refractivity (Wildman–Crippen MR) is 48.6 cm³/mol. The van der Waals surface area contributed by atoms with Crippen LogP contribution in [-0.2, 0) is 6.42 Å². The van der Waals surface area contributed by atoms with Crippen LogP contribution in [0.15, 0.2) is 18.2 Å². The second-order valence-electron chi connectivity index (χ2n) is 3.03. The fourth-order valence-electron chi connectivity index (χ4n) is 1.39. The molecule has 0 saturated heterocycles. The van der Waals surface area contributed by atoms with Crippen molar-refractivity contribution in [1.29, 1.82) is 0 Å². The van der Waals surface area contributed by atoms with Gasteiger partial charge in [0, 0.05) is 11.1 Å². The van der Waals surface area contributed by atoms with Gasteiger partial charge in [-0.1, -0.05) is 11.6 Å². The number of benzene rings is 1. The Labute approximate surface area is 76.3 Å². The van der Waals surface area contributed by atoms with Crippen LogP contribution >= 0.6 is 11.6 Å². The summed E-state index contributed by atoms with van der Waals surface area (Å²) in [5.41, 5.74) is 6.84. The van der Waals surface area contributed by atoms with E-state index in [0.717, 1.165) is 22.8 Å². The van der Waals surface area contributed by atoms with E-state index in [1.54, 1.807) is 0 Å². The molecule has 1 aromatic rings. The predicted octanol–water partition coefficient (Wildman–Crippen LogP) is 1.60. The lowest BCUT2D eigenvalue weighted by atomic mass is 10.0. The molecule has 0 fully saturated rings. The molecular weight excluding hydrogens is 174 g/mol. The van der Waals surface area contributed by atoms with E-state index in [0.29, 0.717) is 6.61 Å². The number of rotatable bonds is 0. The number of ether oxygens (including phenoxy) is 1. The Morgan fingerprint density at radius 3 is 3.17 bits per heavy atom. The van der Waals surface area contributed by atoms with Gasteiger partial charge in [0.2, 0.25) is 0 Å². The lowest BCUT2D eigenvalue weighted by Gasteiger charge is -2.22. The first-order valence-electron chi connectivity index (χ1n) is 3.92. The van der Waals surface area contributed by atoms with Crippen molar-refractivity contribution in [3.05, 3.63) is 28.8 Å². The van der Waals surface area contributed by atoms with E-state index in [2.05, 4.69) is 0 Å². The smallest absolute Gasteiger partial charge is 0.122 e. The second-order valence-corrected chi connectivity index (χ2v) is 3.46. The van der Waals surface area contributed by atoms with Gasteiger partial charge < -0.3 is 10.5 Å². The minimum atomic E-state index is 0.107. The standard InChI is InChI=1S/C9H10ClNO/c10-7-1-2-9-6(3-7)4-8(11)5-12-9/h1-3,8H,4-5,11H2/t8-/m1/s1. The van der Waals surface area contributed by atoms with E-state index >= 15 is 0 Å². The van der Waals surface area contributed by atoms with Crippen LogP contribution in [0, 0.1) is 0 Å². The molecular formula is C9H10ClNO. The molecule has 1 aliphatic rings. The molecule has 0 aliphatic carbocycles. The maximum Gasteiger partial charge on any atom is 0.122 e. The third-order valence-electron chi connectivity index (χ3n) is 1.96. The summed E-state index contributed by atoms with van der Waals surface area (Å²) in [6.45, 7) is 0.606. The van der Waals surface area contributed by atoms with Crippen LogP contribution in [-0.4, -0.2) is 12.6 Å². The molecule has 0 bridgehead atoms. The molecule has 0 unspecified atom stereocenters. The summed E-state index contributed by atoms with van der Waals surface area (Å²) in [7, 11) is 0. The number of hydrogen-bond donors (Lipinski definition) is 1. The van der Waals surface area contributed by atoms with Gasteiger partial charge in [-0.3, -0.25) is 0 Å². The van der Waals surface area contributed by atoms with Crippen molar-refractivity contribution in [3.63, 3.8) is 0 Å². The van der Waals surface area contributed by atoms with Crippen LogP contribution in [0.2, 0.25) is 5.02 Å². The molecule has 12 heavy (non-hydrogen) atoms. The highest BCUT2D eigenvalue weighted by Gasteiger charge is 2.15. The van der Waals surface area contributed by atoms with Gasteiger partial charge in [-0.15, -0.1) is 0 Å². The third-order valence-corrected chi connectivity index (χ3v) is 2.19. The summed E-state index contributed by atoms with van der Waals surface area (Å²) in [4.78, 5) is 0. The molecule has 0 amide bonds. The first-order chi connectivity index (χ1) is 5.75. The van der Waals surface area contributed by atoms with Crippen LogP contribution in [0.25, 0.3) is 0 Å². The van der Waals surface area contributed by atoms with Crippen molar-refractivity contribution in [2.75, 3.05) is 6.61 Å². The van der Waals surface area contributed by atoms with Crippen molar-refractivity contribution in [3.8, 4) is 5.75 Å². The van der Waals surface area contributed by atoms with Crippen molar-refractivity contribution >= 4 is 11.6 Å². The molecule has 0 saturated carbocycles. The summed E-state index contributed by atoms with van der Waals surface area (Å²) in [5, 5.41) is 0.742. The largest absolute Gasteiger partial charge is 0.492 e. The van der Waals surface area contributed by atoms with Crippen molar-refractivity contribution in [2.24, 2.45) is 5.73 Å². The molecule has 2 nitrogen and oxygen atoms in total. The molecule has 1 atom stereocenters. The first-order valence-corrected chi connectivity index (χ1v) is 4.30. The highest BCUT2D eigenvalue weighted by molar-refractivity contribution is 6.30. The Morgan fingerprint density at radius 1 is 1.50 bits per heavy atom. The molecule has 1 heterocycles. The zero-order valence-corrected chi connectivity index (χ0v) is 7.34. The quantitative estimate of drug-likeness (QED) is 0.663. The van der Waals surface area contributed by atoms with Gasteiger partial charge in [0.15, 0.2) is 0 Å². The zero-order chi connectivity index (χ0) is 8.55. The van der Waals surface area contributed by atoms with E-state index in [-0.39, 0.29) is 6.04 Å². The van der Waals surface area contributed by atoms with Crippen molar-refractivity contribution in [2.45, 2.75) is 12.5 Å². The fourth-order valence-corrected chi connectivity index (χ4v) is 1.58. The third kappa shape index (κ3) is 1.40.